The quantitative estimate of drug-likeness (QED) is 0.772. The van der Waals surface area contributed by atoms with Gasteiger partial charge in [0.1, 0.15) is 5.75 Å². The molecule has 0 fully saturated rings. The summed E-state index contributed by atoms with van der Waals surface area (Å²) in [6.07, 6.45) is 3.84. The van der Waals surface area contributed by atoms with E-state index in [0.29, 0.717) is 6.54 Å². The second-order valence-electron chi connectivity index (χ2n) is 5.25. The van der Waals surface area contributed by atoms with Crippen molar-refractivity contribution in [2.75, 3.05) is 0 Å². The van der Waals surface area contributed by atoms with E-state index in [0.717, 1.165) is 22.5 Å². The molecular formula is C16H18N4O. The molecule has 2 aromatic heterocycles. The lowest BCUT2D eigenvalue weighted by atomic mass is 10.1. The van der Waals surface area contributed by atoms with E-state index in [9.17, 15) is 5.11 Å². The van der Waals surface area contributed by atoms with Gasteiger partial charge in [-0.3, -0.25) is 0 Å². The molecule has 1 atom stereocenters. The van der Waals surface area contributed by atoms with Gasteiger partial charge in [0.15, 0.2) is 5.65 Å². The minimum Gasteiger partial charge on any atom is -0.508 e. The van der Waals surface area contributed by atoms with Crippen molar-refractivity contribution in [2.24, 2.45) is 0 Å². The van der Waals surface area contributed by atoms with Gasteiger partial charge in [-0.25, -0.2) is 9.50 Å². The van der Waals surface area contributed by atoms with Crippen molar-refractivity contribution in [3.05, 3.63) is 59.5 Å². The first kappa shape index (κ1) is 13.6. The standard InChI is InChI=1S/C16H18N4O/c1-11-6-16-18-9-13(10-20(16)19-11)8-17-12(2)14-4-3-5-15(21)7-14/h3-7,9-10,12,17,21H,8H2,1-2H3. The van der Waals surface area contributed by atoms with E-state index in [2.05, 4.69) is 22.3 Å². The number of phenolic OH excluding ortho intramolecular Hbond substituents is 1. The summed E-state index contributed by atoms with van der Waals surface area (Å²) in [5, 5.41) is 17.3. The molecule has 0 bridgehead atoms. The Morgan fingerprint density at radius 1 is 1.33 bits per heavy atom. The third kappa shape index (κ3) is 3.03. The lowest BCUT2D eigenvalue weighted by Crippen LogP contribution is -2.18. The van der Waals surface area contributed by atoms with E-state index >= 15 is 0 Å². The Morgan fingerprint density at radius 2 is 2.19 bits per heavy atom. The number of phenols is 1. The van der Waals surface area contributed by atoms with Crippen molar-refractivity contribution in [1.82, 2.24) is 19.9 Å². The molecular weight excluding hydrogens is 264 g/mol. The van der Waals surface area contributed by atoms with Crippen LogP contribution in [0.1, 0.15) is 29.8 Å². The van der Waals surface area contributed by atoms with Crippen LogP contribution in [-0.2, 0) is 6.54 Å². The average molecular weight is 282 g/mol. The fraction of sp³-hybridized carbons (Fsp3) is 0.250. The van der Waals surface area contributed by atoms with Crippen molar-refractivity contribution < 1.29 is 5.11 Å². The molecule has 0 saturated carbocycles. The molecule has 1 aromatic carbocycles. The first-order chi connectivity index (χ1) is 10.1. The molecule has 0 aliphatic heterocycles. The fourth-order valence-corrected chi connectivity index (χ4v) is 2.31. The summed E-state index contributed by atoms with van der Waals surface area (Å²) in [7, 11) is 0. The number of benzene rings is 1. The zero-order chi connectivity index (χ0) is 14.8. The molecule has 0 radical (unpaired) electrons. The summed E-state index contributed by atoms with van der Waals surface area (Å²) >= 11 is 0. The molecule has 0 amide bonds. The Hall–Kier alpha value is -2.40. The minimum atomic E-state index is 0.146. The van der Waals surface area contributed by atoms with E-state index in [4.69, 9.17) is 0 Å². The lowest BCUT2D eigenvalue weighted by molar-refractivity contribution is 0.472. The van der Waals surface area contributed by atoms with Crippen LogP contribution in [0.5, 0.6) is 5.75 Å². The second-order valence-corrected chi connectivity index (χ2v) is 5.25. The Bertz CT molecular complexity index is 766. The van der Waals surface area contributed by atoms with Crippen molar-refractivity contribution in [2.45, 2.75) is 26.4 Å². The third-order valence-electron chi connectivity index (χ3n) is 3.47. The summed E-state index contributed by atoms with van der Waals surface area (Å²) in [5.41, 5.74) is 3.94. The Labute approximate surface area is 123 Å². The summed E-state index contributed by atoms with van der Waals surface area (Å²) in [4.78, 5) is 4.39. The SMILES string of the molecule is Cc1cc2ncc(CNC(C)c3cccc(O)c3)cn2n1. The monoisotopic (exact) mass is 282 g/mol. The van der Waals surface area contributed by atoms with Gasteiger partial charge in [-0.2, -0.15) is 5.10 Å². The van der Waals surface area contributed by atoms with Crippen LogP contribution in [0.15, 0.2) is 42.7 Å². The van der Waals surface area contributed by atoms with Crippen LogP contribution in [0.3, 0.4) is 0 Å². The highest BCUT2D eigenvalue weighted by Crippen LogP contribution is 2.18. The van der Waals surface area contributed by atoms with Crippen LogP contribution in [0.2, 0.25) is 0 Å². The highest BCUT2D eigenvalue weighted by molar-refractivity contribution is 5.39. The van der Waals surface area contributed by atoms with E-state index in [-0.39, 0.29) is 11.8 Å². The summed E-state index contributed by atoms with van der Waals surface area (Å²) < 4.78 is 1.80. The van der Waals surface area contributed by atoms with Gasteiger partial charge in [-0.05, 0) is 31.5 Å². The number of aryl methyl sites for hydroxylation is 1. The number of hydrogen-bond donors (Lipinski definition) is 2. The van der Waals surface area contributed by atoms with Gasteiger partial charge in [0.05, 0.1) is 5.69 Å². The molecule has 0 aliphatic carbocycles. The highest BCUT2D eigenvalue weighted by Gasteiger charge is 2.06. The summed E-state index contributed by atoms with van der Waals surface area (Å²) in [5.74, 6) is 0.288. The second kappa shape index (κ2) is 5.54. The Kier molecular flexibility index (Phi) is 3.58. The molecule has 0 spiro atoms. The molecule has 5 nitrogen and oxygen atoms in total. The number of nitrogens with zero attached hydrogens (tertiary/aromatic N) is 3. The molecule has 0 aliphatic rings. The predicted molar refractivity (Wildman–Crippen MR) is 81.1 cm³/mol. The normalized spacial score (nSPS) is 12.7. The molecule has 1 unspecified atom stereocenters. The number of aromatic nitrogens is 3. The van der Waals surface area contributed by atoms with Crippen molar-refractivity contribution in [1.29, 1.82) is 0 Å². The van der Waals surface area contributed by atoms with E-state index < -0.39 is 0 Å². The number of rotatable bonds is 4. The molecule has 2 N–H and O–H groups in total. The van der Waals surface area contributed by atoms with Crippen LogP contribution in [-0.4, -0.2) is 19.7 Å². The van der Waals surface area contributed by atoms with E-state index in [1.165, 1.54) is 0 Å². The third-order valence-corrected chi connectivity index (χ3v) is 3.47. The predicted octanol–water partition coefficient (Wildman–Crippen LogP) is 2.59. The molecule has 108 valence electrons. The summed E-state index contributed by atoms with van der Waals surface area (Å²) in [6, 6.07) is 9.39. The average Bonchev–Trinajstić information content (AvgIpc) is 2.84. The van der Waals surface area contributed by atoms with Gasteiger partial charge in [-0.1, -0.05) is 12.1 Å². The lowest BCUT2D eigenvalue weighted by Gasteiger charge is -2.14. The molecule has 3 aromatic rings. The zero-order valence-corrected chi connectivity index (χ0v) is 12.1. The zero-order valence-electron chi connectivity index (χ0n) is 12.1. The maximum Gasteiger partial charge on any atom is 0.155 e. The topological polar surface area (TPSA) is 62.5 Å². The minimum absolute atomic E-state index is 0.146. The molecule has 5 heteroatoms. The van der Waals surface area contributed by atoms with Crippen LogP contribution in [0.25, 0.3) is 5.65 Å². The van der Waals surface area contributed by atoms with Crippen LogP contribution in [0.4, 0.5) is 0 Å². The number of nitrogens with one attached hydrogen (secondary N) is 1. The first-order valence-electron chi connectivity index (χ1n) is 6.95. The maximum absolute atomic E-state index is 9.52. The van der Waals surface area contributed by atoms with Crippen molar-refractivity contribution >= 4 is 5.65 Å². The molecule has 21 heavy (non-hydrogen) atoms. The Balaban J connectivity index is 1.70. The van der Waals surface area contributed by atoms with Crippen LogP contribution < -0.4 is 5.32 Å². The van der Waals surface area contributed by atoms with Gasteiger partial charge < -0.3 is 10.4 Å². The Morgan fingerprint density at radius 3 is 3.00 bits per heavy atom. The van der Waals surface area contributed by atoms with Crippen molar-refractivity contribution in [3.63, 3.8) is 0 Å². The van der Waals surface area contributed by atoms with Gasteiger partial charge in [0, 0.05) is 36.6 Å². The highest BCUT2D eigenvalue weighted by atomic mass is 16.3. The van der Waals surface area contributed by atoms with E-state index in [1.807, 2.05) is 37.5 Å². The molecule has 3 rings (SSSR count). The number of hydrogen-bond acceptors (Lipinski definition) is 4. The summed E-state index contributed by atoms with van der Waals surface area (Å²) in [6.45, 7) is 4.72. The maximum atomic E-state index is 9.52. The van der Waals surface area contributed by atoms with Gasteiger partial charge in [0.25, 0.3) is 0 Å². The largest absolute Gasteiger partial charge is 0.508 e. The van der Waals surface area contributed by atoms with Crippen LogP contribution >= 0.6 is 0 Å². The first-order valence-corrected chi connectivity index (χ1v) is 6.95. The van der Waals surface area contributed by atoms with Gasteiger partial charge in [-0.15, -0.1) is 0 Å². The smallest absolute Gasteiger partial charge is 0.155 e. The fourth-order valence-electron chi connectivity index (χ4n) is 2.31. The molecule has 2 heterocycles. The van der Waals surface area contributed by atoms with Crippen molar-refractivity contribution in [3.8, 4) is 5.75 Å². The van der Waals surface area contributed by atoms with Gasteiger partial charge >= 0.3 is 0 Å². The van der Waals surface area contributed by atoms with E-state index in [1.54, 1.807) is 16.6 Å². The number of fused-ring (bicyclic) bond motifs is 1. The van der Waals surface area contributed by atoms with Crippen LogP contribution in [0, 0.1) is 6.92 Å². The molecule has 0 saturated heterocycles. The van der Waals surface area contributed by atoms with Gasteiger partial charge in [0.2, 0.25) is 0 Å². The number of aromatic hydroxyl groups is 1.